The molecule has 0 amide bonds. The van der Waals surface area contributed by atoms with Crippen molar-refractivity contribution in [2.75, 3.05) is 0 Å². The normalized spacial score (nSPS) is 10.1. The summed E-state index contributed by atoms with van der Waals surface area (Å²) in [6, 6.07) is 8.91. The molecule has 1 heterocycles. The number of thiophene rings is 1. The van der Waals surface area contributed by atoms with Gasteiger partial charge in [-0.05, 0) is 24.3 Å². The first-order valence-corrected chi connectivity index (χ1v) is 6.07. The standard InChI is InChI=1S/C12H9NO5S/c14-12(15)11-6-5-10(19-11)7-18-9-3-1-8(2-4-9)13(16)17/h1-6H,7H2,(H,14,15). The van der Waals surface area contributed by atoms with Gasteiger partial charge in [0.25, 0.3) is 5.69 Å². The van der Waals surface area contributed by atoms with Gasteiger partial charge in [0.15, 0.2) is 0 Å². The fourth-order valence-corrected chi connectivity index (χ4v) is 2.15. The number of benzene rings is 1. The first-order chi connectivity index (χ1) is 9.06. The molecular weight excluding hydrogens is 270 g/mol. The fourth-order valence-electron chi connectivity index (χ4n) is 1.39. The van der Waals surface area contributed by atoms with Crippen molar-refractivity contribution in [2.24, 2.45) is 0 Å². The molecule has 0 aliphatic carbocycles. The molecule has 0 spiro atoms. The van der Waals surface area contributed by atoms with E-state index in [1.807, 2.05) is 0 Å². The highest BCUT2D eigenvalue weighted by Crippen LogP contribution is 2.21. The number of aromatic carboxylic acids is 1. The molecule has 1 N–H and O–H groups in total. The lowest BCUT2D eigenvalue weighted by Crippen LogP contribution is -1.93. The minimum Gasteiger partial charge on any atom is -0.488 e. The van der Waals surface area contributed by atoms with Gasteiger partial charge in [0.1, 0.15) is 17.2 Å². The number of hydrogen-bond acceptors (Lipinski definition) is 5. The molecule has 0 saturated heterocycles. The van der Waals surface area contributed by atoms with Gasteiger partial charge in [-0.1, -0.05) is 0 Å². The quantitative estimate of drug-likeness (QED) is 0.671. The second-order valence-corrected chi connectivity index (χ2v) is 4.78. The van der Waals surface area contributed by atoms with Crippen molar-refractivity contribution >= 4 is 23.0 Å². The molecule has 1 aromatic heterocycles. The predicted octanol–water partition coefficient (Wildman–Crippen LogP) is 2.93. The largest absolute Gasteiger partial charge is 0.488 e. The Bertz CT molecular complexity index is 605. The third-order valence-electron chi connectivity index (χ3n) is 2.30. The van der Waals surface area contributed by atoms with Crippen LogP contribution in [0.15, 0.2) is 36.4 Å². The lowest BCUT2D eigenvalue weighted by Gasteiger charge is -2.03. The molecule has 0 aliphatic heterocycles. The highest BCUT2D eigenvalue weighted by Gasteiger charge is 2.08. The van der Waals surface area contributed by atoms with Crippen LogP contribution in [0.25, 0.3) is 0 Å². The second-order valence-electron chi connectivity index (χ2n) is 3.61. The van der Waals surface area contributed by atoms with Gasteiger partial charge in [0.2, 0.25) is 0 Å². The summed E-state index contributed by atoms with van der Waals surface area (Å²) < 4.78 is 5.41. The van der Waals surface area contributed by atoms with E-state index in [1.54, 1.807) is 6.07 Å². The maximum atomic E-state index is 10.7. The Labute approximate surface area is 112 Å². The lowest BCUT2D eigenvalue weighted by molar-refractivity contribution is -0.384. The van der Waals surface area contributed by atoms with E-state index < -0.39 is 10.9 Å². The zero-order valence-electron chi connectivity index (χ0n) is 9.61. The summed E-state index contributed by atoms with van der Waals surface area (Å²) in [6.45, 7) is 0.232. The summed E-state index contributed by atoms with van der Waals surface area (Å²) in [5.74, 6) is -0.470. The van der Waals surface area contributed by atoms with E-state index in [1.165, 1.54) is 30.3 Å². The van der Waals surface area contributed by atoms with Crippen LogP contribution in [0.5, 0.6) is 5.75 Å². The van der Waals surface area contributed by atoms with Crippen LogP contribution in [-0.4, -0.2) is 16.0 Å². The van der Waals surface area contributed by atoms with E-state index in [0.29, 0.717) is 5.75 Å². The summed E-state index contributed by atoms with van der Waals surface area (Å²) >= 11 is 1.14. The number of carboxylic acid groups (broad SMARTS) is 1. The Morgan fingerprint density at radius 2 is 1.95 bits per heavy atom. The van der Waals surface area contributed by atoms with Gasteiger partial charge in [0, 0.05) is 17.0 Å². The SMILES string of the molecule is O=C(O)c1ccc(COc2ccc([N+](=O)[O-])cc2)s1. The van der Waals surface area contributed by atoms with Gasteiger partial charge in [-0.2, -0.15) is 0 Å². The van der Waals surface area contributed by atoms with Crippen LogP contribution in [0.3, 0.4) is 0 Å². The second kappa shape index (κ2) is 5.49. The average Bonchev–Trinajstić information content (AvgIpc) is 2.86. The third-order valence-corrected chi connectivity index (χ3v) is 3.35. The molecule has 0 bridgehead atoms. The molecular formula is C12H9NO5S. The number of hydrogen-bond donors (Lipinski definition) is 1. The maximum absolute atomic E-state index is 10.7. The lowest BCUT2D eigenvalue weighted by atomic mass is 10.3. The Morgan fingerprint density at radius 1 is 1.26 bits per heavy atom. The minimum absolute atomic E-state index is 0.00311. The topological polar surface area (TPSA) is 89.7 Å². The van der Waals surface area contributed by atoms with E-state index >= 15 is 0 Å². The number of nitro groups is 1. The van der Waals surface area contributed by atoms with Crippen LogP contribution in [0, 0.1) is 10.1 Å². The molecule has 19 heavy (non-hydrogen) atoms. The van der Waals surface area contributed by atoms with Crippen LogP contribution in [0.1, 0.15) is 14.5 Å². The molecule has 6 nitrogen and oxygen atoms in total. The van der Waals surface area contributed by atoms with Crippen LogP contribution in [0.4, 0.5) is 5.69 Å². The number of rotatable bonds is 5. The van der Waals surface area contributed by atoms with Gasteiger partial charge in [-0.15, -0.1) is 11.3 Å². The zero-order valence-corrected chi connectivity index (χ0v) is 10.4. The number of non-ortho nitro benzene ring substituents is 1. The number of nitrogens with zero attached hydrogens (tertiary/aromatic N) is 1. The van der Waals surface area contributed by atoms with Gasteiger partial charge < -0.3 is 9.84 Å². The van der Waals surface area contributed by atoms with Crippen molar-refractivity contribution in [3.8, 4) is 5.75 Å². The first-order valence-electron chi connectivity index (χ1n) is 5.25. The molecule has 0 unspecified atom stereocenters. The number of ether oxygens (including phenoxy) is 1. The molecule has 0 saturated carbocycles. The van der Waals surface area contributed by atoms with E-state index in [2.05, 4.69) is 0 Å². The summed E-state index contributed by atoms with van der Waals surface area (Å²) in [7, 11) is 0. The van der Waals surface area contributed by atoms with Gasteiger partial charge in [0.05, 0.1) is 4.92 Å². The summed E-state index contributed by atoms with van der Waals surface area (Å²) in [5, 5.41) is 19.2. The van der Waals surface area contributed by atoms with E-state index in [0.717, 1.165) is 16.2 Å². The smallest absolute Gasteiger partial charge is 0.345 e. The van der Waals surface area contributed by atoms with E-state index in [4.69, 9.17) is 9.84 Å². The molecule has 0 fully saturated rings. The molecule has 98 valence electrons. The van der Waals surface area contributed by atoms with Crippen molar-refractivity contribution in [1.82, 2.24) is 0 Å². The Hall–Kier alpha value is -2.41. The number of carbonyl (C=O) groups is 1. The zero-order chi connectivity index (χ0) is 13.8. The van der Waals surface area contributed by atoms with E-state index in [9.17, 15) is 14.9 Å². The summed E-state index contributed by atoms with van der Waals surface area (Å²) in [5.41, 5.74) is -0.00311. The van der Waals surface area contributed by atoms with Crippen molar-refractivity contribution in [1.29, 1.82) is 0 Å². The first kappa shape index (κ1) is 13.0. The molecule has 1 aromatic carbocycles. The monoisotopic (exact) mass is 279 g/mol. The molecule has 0 atom stereocenters. The van der Waals surface area contributed by atoms with Crippen LogP contribution in [-0.2, 0) is 6.61 Å². The predicted molar refractivity (Wildman–Crippen MR) is 68.7 cm³/mol. The van der Waals surface area contributed by atoms with Crippen molar-refractivity contribution in [2.45, 2.75) is 6.61 Å². The van der Waals surface area contributed by atoms with Gasteiger partial charge >= 0.3 is 5.97 Å². The Balaban J connectivity index is 1.97. The fraction of sp³-hybridized carbons (Fsp3) is 0.0833. The van der Waals surface area contributed by atoms with Crippen molar-refractivity contribution < 1.29 is 19.6 Å². The molecule has 7 heteroatoms. The van der Waals surface area contributed by atoms with Gasteiger partial charge in [-0.3, -0.25) is 10.1 Å². The van der Waals surface area contributed by atoms with Crippen LogP contribution >= 0.6 is 11.3 Å². The third kappa shape index (κ3) is 3.29. The molecule has 0 radical (unpaired) electrons. The van der Waals surface area contributed by atoms with Crippen LogP contribution < -0.4 is 4.74 Å². The molecule has 2 rings (SSSR count). The molecule has 0 aliphatic rings. The Kier molecular flexibility index (Phi) is 3.76. The summed E-state index contributed by atoms with van der Waals surface area (Å²) in [4.78, 5) is 21.7. The van der Waals surface area contributed by atoms with E-state index in [-0.39, 0.29) is 17.2 Å². The molecule has 2 aromatic rings. The van der Waals surface area contributed by atoms with Crippen LogP contribution in [0.2, 0.25) is 0 Å². The number of nitro benzene ring substituents is 1. The van der Waals surface area contributed by atoms with Gasteiger partial charge in [-0.25, -0.2) is 4.79 Å². The number of carboxylic acids is 1. The highest BCUT2D eigenvalue weighted by molar-refractivity contribution is 7.13. The van der Waals surface area contributed by atoms with Crippen molar-refractivity contribution in [3.63, 3.8) is 0 Å². The minimum atomic E-state index is -0.966. The average molecular weight is 279 g/mol. The maximum Gasteiger partial charge on any atom is 0.345 e. The Morgan fingerprint density at radius 3 is 2.47 bits per heavy atom. The highest BCUT2D eigenvalue weighted by atomic mass is 32.1. The van der Waals surface area contributed by atoms with Crippen molar-refractivity contribution in [3.05, 3.63) is 56.3 Å². The summed E-state index contributed by atoms with van der Waals surface area (Å²) in [6.07, 6.45) is 0.